The fraction of sp³-hybridized carbons (Fsp3) is 0.500. The third-order valence-corrected chi connectivity index (χ3v) is 3.90. The Morgan fingerprint density at radius 1 is 1.28 bits per heavy atom. The van der Waals surface area contributed by atoms with E-state index in [9.17, 15) is 0 Å². The molecule has 0 spiro atoms. The van der Waals surface area contributed by atoms with Gasteiger partial charge in [-0.25, -0.2) is 0 Å². The van der Waals surface area contributed by atoms with E-state index in [-0.39, 0.29) is 6.04 Å². The molecule has 0 radical (unpaired) electrons. The van der Waals surface area contributed by atoms with Gasteiger partial charge in [0, 0.05) is 11.1 Å². The largest absolute Gasteiger partial charge is 0.360 e. The monoisotopic (exact) mass is 282 g/mol. The van der Waals surface area contributed by atoms with Gasteiger partial charge in [0.15, 0.2) is 5.11 Å². The number of thiocarbonyl (C=S) groups is 1. The second kappa shape index (κ2) is 6.39. The average molecular weight is 283 g/mol. The van der Waals surface area contributed by atoms with Crippen molar-refractivity contribution in [3.63, 3.8) is 0 Å². The van der Waals surface area contributed by atoms with Crippen molar-refractivity contribution >= 4 is 28.9 Å². The second-order valence-electron chi connectivity index (χ2n) is 4.87. The maximum atomic E-state index is 5.88. The highest BCUT2D eigenvalue weighted by atomic mass is 35.5. The summed E-state index contributed by atoms with van der Waals surface area (Å²) in [6.45, 7) is 2.10. The smallest absolute Gasteiger partial charge is 0.166 e. The summed E-state index contributed by atoms with van der Waals surface area (Å²) in [4.78, 5) is 0. The number of rotatable bonds is 3. The highest BCUT2D eigenvalue weighted by Gasteiger charge is 2.16. The third-order valence-electron chi connectivity index (χ3n) is 3.41. The quantitative estimate of drug-likeness (QED) is 0.825. The van der Waals surface area contributed by atoms with Crippen LogP contribution in [0.25, 0.3) is 0 Å². The number of hydrogen-bond donors (Lipinski definition) is 2. The first-order chi connectivity index (χ1) is 8.65. The van der Waals surface area contributed by atoms with Gasteiger partial charge in [0.2, 0.25) is 0 Å². The molecule has 4 heteroatoms. The molecule has 98 valence electrons. The molecule has 0 bridgehead atoms. The number of halogens is 1. The minimum absolute atomic E-state index is 0.198. The highest BCUT2D eigenvalue weighted by Crippen LogP contribution is 2.18. The zero-order valence-corrected chi connectivity index (χ0v) is 12.2. The molecule has 18 heavy (non-hydrogen) atoms. The molecule has 1 aliphatic rings. The molecular weight excluding hydrogens is 264 g/mol. The summed E-state index contributed by atoms with van der Waals surface area (Å²) in [7, 11) is 0. The predicted octanol–water partition coefficient (Wildman–Crippen LogP) is 3.81. The van der Waals surface area contributed by atoms with Crippen LogP contribution in [0.15, 0.2) is 24.3 Å². The molecule has 1 unspecified atom stereocenters. The van der Waals surface area contributed by atoms with Crippen LogP contribution in [0, 0.1) is 0 Å². The van der Waals surface area contributed by atoms with E-state index >= 15 is 0 Å². The molecule has 1 atom stereocenters. The molecule has 2 rings (SSSR count). The van der Waals surface area contributed by atoms with Crippen molar-refractivity contribution in [3.8, 4) is 0 Å². The van der Waals surface area contributed by atoms with Crippen LogP contribution in [-0.4, -0.2) is 11.2 Å². The predicted molar refractivity (Wildman–Crippen MR) is 81.0 cm³/mol. The van der Waals surface area contributed by atoms with Crippen LogP contribution in [0.1, 0.15) is 44.2 Å². The van der Waals surface area contributed by atoms with Crippen LogP contribution in [0.5, 0.6) is 0 Å². The maximum Gasteiger partial charge on any atom is 0.166 e. The summed E-state index contributed by atoms with van der Waals surface area (Å²) in [5.41, 5.74) is 1.19. The molecule has 1 aromatic carbocycles. The Morgan fingerprint density at radius 3 is 2.50 bits per heavy atom. The van der Waals surface area contributed by atoms with Crippen LogP contribution in [0.4, 0.5) is 0 Å². The van der Waals surface area contributed by atoms with Gasteiger partial charge in [-0.2, -0.15) is 0 Å². The first kappa shape index (κ1) is 13.6. The van der Waals surface area contributed by atoms with Gasteiger partial charge >= 0.3 is 0 Å². The molecule has 2 N–H and O–H groups in total. The maximum absolute atomic E-state index is 5.88. The Morgan fingerprint density at radius 2 is 1.89 bits per heavy atom. The van der Waals surface area contributed by atoms with Crippen molar-refractivity contribution in [1.82, 2.24) is 10.6 Å². The van der Waals surface area contributed by atoms with Gasteiger partial charge in [0.25, 0.3) is 0 Å². The molecule has 0 amide bonds. The van der Waals surface area contributed by atoms with E-state index in [0.29, 0.717) is 6.04 Å². The average Bonchev–Trinajstić information content (AvgIpc) is 2.82. The lowest BCUT2D eigenvalue weighted by molar-refractivity contribution is 0.606. The molecule has 1 saturated carbocycles. The van der Waals surface area contributed by atoms with Gasteiger partial charge in [0.1, 0.15) is 0 Å². The number of nitrogens with one attached hydrogen (secondary N) is 2. The first-order valence-corrected chi connectivity index (χ1v) is 7.26. The Bertz CT molecular complexity index is 399. The Labute approximate surface area is 119 Å². The minimum Gasteiger partial charge on any atom is -0.360 e. The van der Waals surface area contributed by atoms with Crippen LogP contribution < -0.4 is 10.6 Å². The summed E-state index contributed by atoms with van der Waals surface area (Å²) in [6, 6.07) is 8.62. The van der Waals surface area contributed by atoms with Gasteiger partial charge in [0.05, 0.1) is 6.04 Å². The van der Waals surface area contributed by atoms with Crippen LogP contribution in [0.2, 0.25) is 5.02 Å². The fourth-order valence-corrected chi connectivity index (χ4v) is 2.80. The number of hydrogen-bond acceptors (Lipinski definition) is 1. The van der Waals surface area contributed by atoms with Crippen molar-refractivity contribution in [2.24, 2.45) is 0 Å². The third kappa shape index (κ3) is 3.85. The Kier molecular flexibility index (Phi) is 4.84. The van der Waals surface area contributed by atoms with E-state index in [1.807, 2.05) is 24.3 Å². The molecule has 1 aliphatic carbocycles. The van der Waals surface area contributed by atoms with E-state index in [4.69, 9.17) is 23.8 Å². The van der Waals surface area contributed by atoms with Crippen LogP contribution in [0.3, 0.4) is 0 Å². The molecule has 0 aromatic heterocycles. The van der Waals surface area contributed by atoms with Gasteiger partial charge in [-0.3, -0.25) is 0 Å². The Hall–Kier alpha value is -0.800. The zero-order chi connectivity index (χ0) is 13.0. The van der Waals surface area contributed by atoms with Gasteiger partial charge < -0.3 is 10.6 Å². The fourth-order valence-electron chi connectivity index (χ4n) is 2.33. The summed E-state index contributed by atoms with van der Waals surface area (Å²) >= 11 is 11.2. The van der Waals surface area contributed by atoms with E-state index < -0.39 is 0 Å². The number of benzene rings is 1. The van der Waals surface area contributed by atoms with E-state index in [0.717, 1.165) is 10.1 Å². The second-order valence-corrected chi connectivity index (χ2v) is 5.72. The molecule has 0 aliphatic heterocycles. The SMILES string of the molecule is CC(NC(=S)NC1CCCC1)c1ccc(Cl)cc1. The topological polar surface area (TPSA) is 24.1 Å². The van der Waals surface area contributed by atoms with Crippen molar-refractivity contribution in [1.29, 1.82) is 0 Å². The molecule has 1 aromatic rings. The van der Waals surface area contributed by atoms with Gasteiger partial charge in [-0.15, -0.1) is 0 Å². The molecule has 0 saturated heterocycles. The van der Waals surface area contributed by atoms with Crippen LogP contribution >= 0.6 is 23.8 Å². The van der Waals surface area contributed by atoms with Gasteiger partial charge in [-0.1, -0.05) is 36.6 Å². The van der Waals surface area contributed by atoms with Gasteiger partial charge in [-0.05, 0) is 49.7 Å². The highest BCUT2D eigenvalue weighted by molar-refractivity contribution is 7.80. The molecule has 2 nitrogen and oxygen atoms in total. The normalized spacial score (nSPS) is 17.4. The molecule has 0 heterocycles. The van der Waals surface area contributed by atoms with E-state index in [1.165, 1.54) is 31.2 Å². The van der Waals surface area contributed by atoms with E-state index in [1.54, 1.807) is 0 Å². The molecular formula is C14H19ClN2S. The lowest BCUT2D eigenvalue weighted by Crippen LogP contribution is -2.41. The molecule has 1 fully saturated rings. The zero-order valence-electron chi connectivity index (χ0n) is 10.6. The van der Waals surface area contributed by atoms with Crippen molar-refractivity contribution in [2.75, 3.05) is 0 Å². The lowest BCUT2D eigenvalue weighted by Gasteiger charge is -2.20. The Balaban J connectivity index is 1.84. The van der Waals surface area contributed by atoms with E-state index in [2.05, 4.69) is 17.6 Å². The van der Waals surface area contributed by atoms with Crippen molar-refractivity contribution in [3.05, 3.63) is 34.9 Å². The lowest BCUT2D eigenvalue weighted by atomic mass is 10.1. The summed E-state index contributed by atoms with van der Waals surface area (Å²) in [5, 5.41) is 8.22. The van der Waals surface area contributed by atoms with Crippen molar-refractivity contribution in [2.45, 2.75) is 44.7 Å². The summed E-state index contributed by atoms with van der Waals surface area (Å²) in [5.74, 6) is 0. The first-order valence-electron chi connectivity index (χ1n) is 6.47. The summed E-state index contributed by atoms with van der Waals surface area (Å²) < 4.78 is 0. The van der Waals surface area contributed by atoms with Crippen LogP contribution in [-0.2, 0) is 0 Å². The summed E-state index contributed by atoms with van der Waals surface area (Å²) in [6.07, 6.45) is 5.09. The van der Waals surface area contributed by atoms with Crippen molar-refractivity contribution < 1.29 is 0 Å². The standard InChI is InChI=1S/C14H19ClN2S/c1-10(11-6-8-12(15)9-7-11)16-14(18)17-13-4-2-3-5-13/h6-10,13H,2-5H2,1H3,(H2,16,17,18). The minimum atomic E-state index is 0.198.